The number of hydrogen-bond donors (Lipinski definition) is 1. The van der Waals surface area contributed by atoms with Crippen molar-refractivity contribution < 1.29 is 5.11 Å². The van der Waals surface area contributed by atoms with E-state index in [4.69, 9.17) is 5.11 Å². The second-order valence-electron chi connectivity index (χ2n) is 4.23. The van der Waals surface area contributed by atoms with E-state index < -0.39 is 0 Å². The molecular weight excluding hydrogens is 164 g/mol. The molecule has 1 rings (SSSR count). The lowest BCUT2D eigenvalue weighted by Crippen LogP contribution is -2.39. The van der Waals surface area contributed by atoms with Gasteiger partial charge in [0.25, 0.3) is 0 Å². The minimum absolute atomic E-state index is 0.290. The molecule has 3 heteroatoms. The second kappa shape index (κ2) is 4.94. The Balaban J connectivity index is 2.31. The zero-order chi connectivity index (χ0) is 9.84. The Hall–Kier alpha value is -0.120. The molecule has 1 fully saturated rings. The molecule has 1 aliphatic heterocycles. The molecule has 1 heterocycles. The smallest absolute Gasteiger partial charge is 0.0558 e. The van der Waals surface area contributed by atoms with Crippen LogP contribution < -0.4 is 0 Å². The largest absolute Gasteiger partial charge is 0.395 e. The van der Waals surface area contributed by atoms with E-state index in [2.05, 4.69) is 30.7 Å². The molecule has 0 aliphatic carbocycles. The number of β-amino-alcohol motifs (C(OH)–C–C–N with tert-alkyl or cyclic N) is 1. The van der Waals surface area contributed by atoms with Gasteiger partial charge in [-0.25, -0.2) is 0 Å². The maximum atomic E-state index is 8.81. The lowest BCUT2D eigenvalue weighted by Gasteiger charge is -2.28. The number of hydrogen-bond acceptors (Lipinski definition) is 3. The Morgan fingerprint density at radius 1 is 1.54 bits per heavy atom. The van der Waals surface area contributed by atoms with Gasteiger partial charge in [0.05, 0.1) is 6.61 Å². The van der Waals surface area contributed by atoms with Crippen LogP contribution in [0.25, 0.3) is 0 Å². The van der Waals surface area contributed by atoms with Crippen molar-refractivity contribution >= 4 is 0 Å². The van der Waals surface area contributed by atoms with Crippen molar-refractivity contribution in [1.82, 2.24) is 9.80 Å². The molecule has 0 saturated carbocycles. The molecule has 1 aliphatic rings. The molecule has 3 nitrogen and oxygen atoms in total. The molecule has 1 N–H and O–H groups in total. The Morgan fingerprint density at radius 2 is 2.23 bits per heavy atom. The summed E-state index contributed by atoms with van der Waals surface area (Å²) in [7, 11) is 2.19. The maximum Gasteiger partial charge on any atom is 0.0558 e. The van der Waals surface area contributed by atoms with E-state index in [9.17, 15) is 0 Å². The molecular formula is C10H22N2O. The Labute approximate surface area is 81.3 Å². The highest BCUT2D eigenvalue weighted by Crippen LogP contribution is 2.15. The third kappa shape index (κ3) is 2.93. The van der Waals surface area contributed by atoms with Crippen LogP contribution in [0.4, 0.5) is 0 Å². The van der Waals surface area contributed by atoms with Gasteiger partial charge >= 0.3 is 0 Å². The van der Waals surface area contributed by atoms with Crippen LogP contribution in [0.5, 0.6) is 0 Å². The monoisotopic (exact) mass is 186 g/mol. The first kappa shape index (κ1) is 11.0. The number of likely N-dealkylation sites (tertiary alicyclic amines) is 1. The van der Waals surface area contributed by atoms with Gasteiger partial charge in [-0.1, -0.05) is 0 Å². The van der Waals surface area contributed by atoms with Crippen LogP contribution in [-0.4, -0.2) is 60.3 Å². The van der Waals surface area contributed by atoms with Crippen LogP contribution in [0.3, 0.4) is 0 Å². The zero-order valence-electron chi connectivity index (χ0n) is 9.03. The summed E-state index contributed by atoms with van der Waals surface area (Å²) in [6, 6.07) is 1.31. The van der Waals surface area contributed by atoms with Gasteiger partial charge in [-0.15, -0.1) is 0 Å². The molecule has 0 aromatic heterocycles. The predicted molar refractivity (Wildman–Crippen MR) is 54.8 cm³/mol. The average molecular weight is 186 g/mol. The maximum absolute atomic E-state index is 8.81. The van der Waals surface area contributed by atoms with Crippen molar-refractivity contribution in [1.29, 1.82) is 0 Å². The molecule has 1 atom stereocenters. The van der Waals surface area contributed by atoms with E-state index in [-0.39, 0.29) is 6.61 Å². The normalized spacial score (nSPS) is 24.9. The average Bonchev–Trinajstić information content (AvgIpc) is 2.52. The zero-order valence-corrected chi connectivity index (χ0v) is 9.03. The highest BCUT2D eigenvalue weighted by Gasteiger charge is 2.25. The van der Waals surface area contributed by atoms with Gasteiger partial charge in [0.2, 0.25) is 0 Å². The van der Waals surface area contributed by atoms with Gasteiger partial charge in [0, 0.05) is 25.2 Å². The summed E-state index contributed by atoms with van der Waals surface area (Å²) in [6.07, 6.45) is 1.24. The van der Waals surface area contributed by atoms with Gasteiger partial charge in [0.1, 0.15) is 0 Å². The van der Waals surface area contributed by atoms with Gasteiger partial charge in [0.15, 0.2) is 0 Å². The molecule has 0 bridgehead atoms. The minimum Gasteiger partial charge on any atom is -0.395 e. The van der Waals surface area contributed by atoms with E-state index in [0.717, 1.165) is 19.6 Å². The first-order valence-corrected chi connectivity index (χ1v) is 5.20. The van der Waals surface area contributed by atoms with Crippen LogP contribution in [-0.2, 0) is 0 Å². The lowest BCUT2D eigenvalue weighted by atomic mass is 10.2. The number of aliphatic hydroxyl groups excluding tert-OH is 1. The number of nitrogens with zero attached hydrogens (tertiary/aromatic N) is 2. The van der Waals surface area contributed by atoms with Gasteiger partial charge in [-0.3, -0.25) is 9.80 Å². The fourth-order valence-electron chi connectivity index (χ4n) is 1.91. The molecule has 78 valence electrons. The van der Waals surface area contributed by atoms with Gasteiger partial charge in [-0.05, 0) is 33.9 Å². The highest BCUT2D eigenvalue weighted by atomic mass is 16.3. The van der Waals surface area contributed by atoms with Crippen LogP contribution in [0, 0.1) is 0 Å². The molecule has 0 aromatic rings. The fraction of sp³-hybridized carbons (Fsp3) is 1.00. The molecule has 0 aromatic carbocycles. The van der Waals surface area contributed by atoms with E-state index in [0.29, 0.717) is 12.1 Å². The Morgan fingerprint density at radius 3 is 2.77 bits per heavy atom. The van der Waals surface area contributed by atoms with E-state index >= 15 is 0 Å². The summed E-state index contributed by atoms with van der Waals surface area (Å²) in [4.78, 5) is 4.76. The summed E-state index contributed by atoms with van der Waals surface area (Å²) in [5.74, 6) is 0. The van der Waals surface area contributed by atoms with E-state index in [1.807, 2.05) is 0 Å². The van der Waals surface area contributed by atoms with Crippen molar-refractivity contribution in [3.63, 3.8) is 0 Å². The van der Waals surface area contributed by atoms with Crippen molar-refractivity contribution in [2.45, 2.75) is 32.4 Å². The third-order valence-corrected chi connectivity index (χ3v) is 3.05. The fourth-order valence-corrected chi connectivity index (χ4v) is 1.91. The molecule has 1 saturated heterocycles. The Bertz CT molecular complexity index is 150. The lowest BCUT2D eigenvalue weighted by molar-refractivity contribution is 0.178. The highest BCUT2D eigenvalue weighted by molar-refractivity contribution is 4.82. The van der Waals surface area contributed by atoms with E-state index in [1.54, 1.807) is 0 Å². The molecule has 0 amide bonds. The number of likely N-dealkylation sites (N-methyl/N-ethyl adjacent to an activating group) is 1. The van der Waals surface area contributed by atoms with Crippen LogP contribution >= 0.6 is 0 Å². The number of aliphatic hydroxyl groups is 1. The Kier molecular flexibility index (Phi) is 4.16. The first-order chi connectivity index (χ1) is 6.15. The third-order valence-electron chi connectivity index (χ3n) is 3.05. The molecule has 0 radical (unpaired) electrons. The minimum atomic E-state index is 0.290. The van der Waals surface area contributed by atoms with Crippen molar-refractivity contribution in [2.75, 3.05) is 33.3 Å². The summed E-state index contributed by atoms with van der Waals surface area (Å²) in [5.41, 5.74) is 0. The van der Waals surface area contributed by atoms with Gasteiger partial charge in [-0.2, -0.15) is 0 Å². The summed E-state index contributed by atoms with van der Waals surface area (Å²) >= 11 is 0. The van der Waals surface area contributed by atoms with Crippen LogP contribution in [0.2, 0.25) is 0 Å². The number of rotatable bonds is 4. The molecule has 0 unspecified atom stereocenters. The summed E-state index contributed by atoms with van der Waals surface area (Å²) in [5, 5.41) is 8.81. The van der Waals surface area contributed by atoms with Gasteiger partial charge < -0.3 is 5.11 Å². The van der Waals surface area contributed by atoms with Crippen molar-refractivity contribution in [3.8, 4) is 0 Å². The van der Waals surface area contributed by atoms with Crippen LogP contribution in [0.15, 0.2) is 0 Å². The molecule has 13 heavy (non-hydrogen) atoms. The van der Waals surface area contributed by atoms with Crippen molar-refractivity contribution in [2.24, 2.45) is 0 Å². The quantitative estimate of drug-likeness (QED) is 0.688. The SMILES string of the molecule is CC(C)N(C)[C@@H]1CCN(CCO)C1. The standard InChI is InChI=1S/C10H22N2O/c1-9(2)11(3)10-4-5-12(8-10)6-7-13/h9-10,13H,4-8H2,1-3H3/t10-/m1/s1. The second-order valence-corrected chi connectivity index (χ2v) is 4.23. The summed E-state index contributed by atoms with van der Waals surface area (Å²) < 4.78 is 0. The first-order valence-electron chi connectivity index (χ1n) is 5.20. The molecule has 0 spiro atoms. The predicted octanol–water partition coefficient (Wildman–Crippen LogP) is 0.393. The topological polar surface area (TPSA) is 26.7 Å². The van der Waals surface area contributed by atoms with Crippen molar-refractivity contribution in [3.05, 3.63) is 0 Å². The van der Waals surface area contributed by atoms with Crippen LogP contribution in [0.1, 0.15) is 20.3 Å². The van der Waals surface area contributed by atoms with E-state index in [1.165, 1.54) is 6.42 Å². The summed E-state index contributed by atoms with van der Waals surface area (Å²) in [6.45, 7) is 7.85.